The van der Waals surface area contributed by atoms with Crippen molar-refractivity contribution in [2.24, 2.45) is 0 Å². The molecule has 0 fully saturated rings. The lowest BCUT2D eigenvalue weighted by molar-refractivity contribution is 0.313. The van der Waals surface area contributed by atoms with Crippen LogP contribution in [0.3, 0.4) is 0 Å². The van der Waals surface area contributed by atoms with Crippen molar-refractivity contribution in [1.29, 1.82) is 0 Å². The Morgan fingerprint density at radius 2 is 2.07 bits per heavy atom. The highest BCUT2D eigenvalue weighted by atomic mass is 79.9. The third-order valence-electron chi connectivity index (χ3n) is 1.62. The molecule has 80 valence electrons. The lowest BCUT2D eigenvalue weighted by atomic mass is 10.3. The molecule has 1 rings (SSSR count). The molecule has 0 heterocycles. The van der Waals surface area contributed by atoms with Gasteiger partial charge in [0.1, 0.15) is 12.4 Å². The van der Waals surface area contributed by atoms with Gasteiger partial charge in [-0.15, -0.1) is 12.4 Å². The largest absolute Gasteiger partial charge is 0.491 e. The molecule has 14 heavy (non-hydrogen) atoms. The molecule has 0 aliphatic rings. The monoisotopic (exact) mass is 279 g/mol. The quantitative estimate of drug-likeness (QED) is 0.838. The third kappa shape index (κ3) is 4.84. The summed E-state index contributed by atoms with van der Waals surface area (Å²) in [5, 5.41) is 3.20. The highest BCUT2D eigenvalue weighted by Crippen LogP contribution is 2.23. The van der Waals surface area contributed by atoms with Gasteiger partial charge in [0.05, 0.1) is 4.47 Å². The Morgan fingerprint density at radius 3 is 2.71 bits per heavy atom. The van der Waals surface area contributed by atoms with Crippen molar-refractivity contribution in [2.45, 2.75) is 6.92 Å². The number of benzene rings is 1. The van der Waals surface area contributed by atoms with Crippen LogP contribution in [0.25, 0.3) is 0 Å². The zero-order valence-electron chi connectivity index (χ0n) is 8.13. The standard InChI is InChI=1S/C10H14BrNO.ClH/c1-2-12-7-8-13-10-6-4-3-5-9(10)11;/h3-6,12H,2,7-8H2,1H3;1H. The molecule has 1 N–H and O–H groups in total. The van der Waals surface area contributed by atoms with E-state index in [1.54, 1.807) is 0 Å². The molecule has 1 aromatic carbocycles. The fourth-order valence-electron chi connectivity index (χ4n) is 0.972. The van der Waals surface area contributed by atoms with Crippen molar-refractivity contribution in [3.8, 4) is 5.75 Å². The van der Waals surface area contributed by atoms with Crippen molar-refractivity contribution in [3.63, 3.8) is 0 Å². The molecule has 0 saturated carbocycles. The van der Waals surface area contributed by atoms with E-state index >= 15 is 0 Å². The third-order valence-corrected chi connectivity index (χ3v) is 2.28. The normalized spacial score (nSPS) is 9.29. The molecule has 4 heteroatoms. The summed E-state index contributed by atoms with van der Waals surface area (Å²) in [6.45, 7) is 4.66. The lowest BCUT2D eigenvalue weighted by Gasteiger charge is -2.07. The first kappa shape index (κ1) is 13.8. The topological polar surface area (TPSA) is 21.3 Å². The first-order valence-electron chi connectivity index (χ1n) is 4.42. The molecular formula is C10H15BrClNO. The number of ether oxygens (including phenoxy) is 1. The summed E-state index contributed by atoms with van der Waals surface area (Å²) in [4.78, 5) is 0. The van der Waals surface area contributed by atoms with Gasteiger partial charge in [-0.25, -0.2) is 0 Å². The van der Waals surface area contributed by atoms with Gasteiger partial charge < -0.3 is 10.1 Å². The van der Waals surface area contributed by atoms with Crippen LogP contribution in [0.1, 0.15) is 6.92 Å². The smallest absolute Gasteiger partial charge is 0.133 e. The van der Waals surface area contributed by atoms with Crippen LogP contribution in [0.4, 0.5) is 0 Å². The fourth-order valence-corrected chi connectivity index (χ4v) is 1.37. The van der Waals surface area contributed by atoms with Crippen molar-refractivity contribution in [2.75, 3.05) is 19.7 Å². The number of para-hydroxylation sites is 1. The Morgan fingerprint density at radius 1 is 1.36 bits per heavy atom. The molecule has 0 radical (unpaired) electrons. The fraction of sp³-hybridized carbons (Fsp3) is 0.400. The van der Waals surface area contributed by atoms with E-state index in [0.717, 1.165) is 23.3 Å². The van der Waals surface area contributed by atoms with E-state index in [1.807, 2.05) is 24.3 Å². The van der Waals surface area contributed by atoms with Gasteiger partial charge in [0, 0.05) is 6.54 Å². The van der Waals surface area contributed by atoms with Crippen molar-refractivity contribution < 1.29 is 4.74 Å². The van der Waals surface area contributed by atoms with E-state index < -0.39 is 0 Å². The van der Waals surface area contributed by atoms with Gasteiger partial charge in [-0.3, -0.25) is 0 Å². The summed E-state index contributed by atoms with van der Waals surface area (Å²) < 4.78 is 6.54. The van der Waals surface area contributed by atoms with Crippen LogP contribution in [0.15, 0.2) is 28.7 Å². The second-order valence-electron chi connectivity index (χ2n) is 2.63. The zero-order valence-corrected chi connectivity index (χ0v) is 10.5. The van der Waals surface area contributed by atoms with Crippen LogP contribution < -0.4 is 10.1 Å². The zero-order chi connectivity index (χ0) is 9.52. The predicted molar refractivity (Wildman–Crippen MR) is 65.4 cm³/mol. The van der Waals surface area contributed by atoms with Crippen LogP contribution in [-0.4, -0.2) is 19.7 Å². The van der Waals surface area contributed by atoms with Gasteiger partial charge in [0.15, 0.2) is 0 Å². The number of hydrogen-bond donors (Lipinski definition) is 1. The summed E-state index contributed by atoms with van der Waals surface area (Å²) in [6, 6.07) is 7.87. The maximum absolute atomic E-state index is 5.53. The molecular weight excluding hydrogens is 265 g/mol. The van der Waals surface area contributed by atoms with E-state index in [9.17, 15) is 0 Å². The van der Waals surface area contributed by atoms with Crippen LogP contribution in [-0.2, 0) is 0 Å². The van der Waals surface area contributed by atoms with Crippen LogP contribution in [0.5, 0.6) is 5.75 Å². The maximum atomic E-state index is 5.53. The summed E-state index contributed by atoms with van der Waals surface area (Å²) >= 11 is 3.42. The van der Waals surface area contributed by atoms with E-state index in [0.29, 0.717) is 6.61 Å². The summed E-state index contributed by atoms with van der Waals surface area (Å²) in [5.41, 5.74) is 0. The van der Waals surface area contributed by atoms with Crippen LogP contribution >= 0.6 is 28.3 Å². The van der Waals surface area contributed by atoms with Crippen molar-refractivity contribution in [1.82, 2.24) is 5.32 Å². The average Bonchev–Trinajstić information content (AvgIpc) is 2.15. The van der Waals surface area contributed by atoms with E-state index in [-0.39, 0.29) is 12.4 Å². The number of rotatable bonds is 5. The Hall–Kier alpha value is -0.250. The Kier molecular flexibility index (Phi) is 7.95. The van der Waals surface area contributed by atoms with E-state index in [1.165, 1.54) is 0 Å². The maximum Gasteiger partial charge on any atom is 0.133 e. The lowest BCUT2D eigenvalue weighted by Crippen LogP contribution is -2.20. The van der Waals surface area contributed by atoms with Gasteiger partial charge in [0.25, 0.3) is 0 Å². The van der Waals surface area contributed by atoms with E-state index in [2.05, 4.69) is 28.2 Å². The molecule has 0 atom stereocenters. The first-order chi connectivity index (χ1) is 6.34. The second-order valence-corrected chi connectivity index (χ2v) is 3.49. The Labute approximate surface area is 99.6 Å². The van der Waals surface area contributed by atoms with Gasteiger partial charge in [-0.1, -0.05) is 19.1 Å². The minimum Gasteiger partial charge on any atom is -0.491 e. The summed E-state index contributed by atoms with van der Waals surface area (Å²) in [7, 11) is 0. The highest BCUT2D eigenvalue weighted by Gasteiger charge is 1.97. The van der Waals surface area contributed by atoms with Crippen molar-refractivity contribution >= 4 is 28.3 Å². The second kappa shape index (κ2) is 8.09. The number of likely N-dealkylation sites (N-methyl/N-ethyl adjacent to an activating group) is 1. The minimum absolute atomic E-state index is 0. The number of hydrogen-bond acceptors (Lipinski definition) is 2. The summed E-state index contributed by atoms with van der Waals surface area (Å²) in [6.07, 6.45) is 0. The molecule has 0 bridgehead atoms. The molecule has 0 aliphatic heterocycles. The van der Waals surface area contributed by atoms with E-state index in [4.69, 9.17) is 4.74 Å². The molecule has 0 spiro atoms. The highest BCUT2D eigenvalue weighted by molar-refractivity contribution is 9.10. The SMILES string of the molecule is CCNCCOc1ccccc1Br.Cl. The molecule has 0 amide bonds. The van der Waals surface area contributed by atoms with Gasteiger partial charge in [-0.2, -0.15) is 0 Å². The average molecular weight is 281 g/mol. The molecule has 0 saturated heterocycles. The molecule has 2 nitrogen and oxygen atoms in total. The predicted octanol–water partition coefficient (Wildman–Crippen LogP) is 2.86. The summed E-state index contributed by atoms with van der Waals surface area (Å²) in [5.74, 6) is 0.903. The van der Waals surface area contributed by atoms with Crippen LogP contribution in [0, 0.1) is 0 Å². The minimum atomic E-state index is 0. The molecule has 0 unspecified atom stereocenters. The van der Waals surface area contributed by atoms with Crippen molar-refractivity contribution in [3.05, 3.63) is 28.7 Å². The number of halogens is 2. The van der Waals surface area contributed by atoms with Gasteiger partial charge in [0.2, 0.25) is 0 Å². The number of nitrogens with one attached hydrogen (secondary N) is 1. The molecule has 1 aromatic rings. The first-order valence-corrected chi connectivity index (χ1v) is 5.22. The molecule has 0 aliphatic carbocycles. The molecule has 0 aromatic heterocycles. The Balaban J connectivity index is 0.00000169. The van der Waals surface area contributed by atoms with Gasteiger partial charge >= 0.3 is 0 Å². The van der Waals surface area contributed by atoms with Crippen LogP contribution in [0.2, 0.25) is 0 Å². The Bertz CT molecular complexity index is 258. The van der Waals surface area contributed by atoms with Gasteiger partial charge in [-0.05, 0) is 34.6 Å².